The third-order valence-electron chi connectivity index (χ3n) is 6.78. The predicted molar refractivity (Wildman–Crippen MR) is 141 cm³/mol. The van der Waals surface area contributed by atoms with E-state index in [1.165, 1.54) is 6.92 Å². The molecule has 204 valence electrons. The van der Waals surface area contributed by atoms with E-state index in [4.69, 9.17) is 0 Å². The molecular formula is C28H42N4O5. The number of imide groups is 1. The van der Waals surface area contributed by atoms with E-state index < -0.39 is 47.4 Å². The van der Waals surface area contributed by atoms with Gasteiger partial charge in [0, 0.05) is 13.1 Å². The molecule has 4 atom stereocenters. The normalized spacial score (nSPS) is 18.8. The highest BCUT2D eigenvalue weighted by Crippen LogP contribution is 2.24. The number of carbonyl (C=O) groups is 5. The number of amides is 5. The first-order valence-corrected chi connectivity index (χ1v) is 13.4. The van der Waals surface area contributed by atoms with Crippen LogP contribution < -0.4 is 16.0 Å². The number of urea groups is 1. The first kappa shape index (κ1) is 30.0. The van der Waals surface area contributed by atoms with Gasteiger partial charge in [0.05, 0.1) is 24.4 Å². The topological polar surface area (TPSA) is 125 Å². The maximum Gasteiger partial charge on any atom is 0.317 e. The van der Waals surface area contributed by atoms with Crippen LogP contribution >= 0.6 is 0 Å². The number of ketones is 1. The maximum absolute atomic E-state index is 13.2. The lowest BCUT2D eigenvalue weighted by atomic mass is 9.85. The van der Waals surface area contributed by atoms with Crippen LogP contribution in [-0.2, 0) is 19.2 Å². The van der Waals surface area contributed by atoms with Crippen LogP contribution in [0, 0.1) is 17.8 Å². The molecule has 2 rings (SSSR count). The first-order chi connectivity index (χ1) is 17.6. The highest BCUT2D eigenvalue weighted by atomic mass is 16.2. The molecule has 9 nitrogen and oxygen atoms in total. The van der Waals surface area contributed by atoms with Crippen LogP contribution in [0.4, 0.5) is 4.79 Å². The van der Waals surface area contributed by atoms with Gasteiger partial charge in [-0.05, 0) is 24.3 Å². The summed E-state index contributed by atoms with van der Waals surface area (Å²) in [6.45, 7) is 10.5. The minimum absolute atomic E-state index is 0.0764. The summed E-state index contributed by atoms with van der Waals surface area (Å²) >= 11 is 0. The molecule has 0 radical (unpaired) electrons. The van der Waals surface area contributed by atoms with Crippen molar-refractivity contribution in [3.8, 4) is 0 Å². The Bertz CT molecular complexity index is 941. The zero-order chi connectivity index (χ0) is 27.5. The van der Waals surface area contributed by atoms with Crippen molar-refractivity contribution >= 4 is 29.5 Å². The predicted octanol–water partition coefficient (Wildman–Crippen LogP) is 3.35. The van der Waals surface area contributed by atoms with Gasteiger partial charge in [0.15, 0.2) is 5.78 Å². The Hall–Kier alpha value is -3.23. The van der Waals surface area contributed by atoms with Gasteiger partial charge < -0.3 is 15.5 Å². The summed E-state index contributed by atoms with van der Waals surface area (Å²) in [6, 6.07) is 7.48. The summed E-state index contributed by atoms with van der Waals surface area (Å²) in [5, 5.41) is 7.99. The van der Waals surface area contributed by atoms with Gasteiger partial charge in [-0.3, -0.25) is 24.5 Å². The van der Waals surface area contributed by atoms with Crippen molar-refractivity contribution in [3.05, 3.63) is 35.9 Å². The molecule has 1 fully saturated rings. The Labute approximate surface area is 220 Å². The second kappa shape index (κ2) is 14.5. The highest BCUT2D eigenvalue weighted by Gasteiger charge is 2.46. The molecule has 3 N–H and O–H groups in total. The van der Waals surface area contributed by atoms with Crippen molar-refractivity contribution in [1.82, 2.24) is 20.9 Å². The largest absolute Gasteiger partial charge is 0.346 e. The fraction of sp³-hybridized carbons (Fsp3) is 0.607. The maximum atomic E-state index is 13.2. The lowest BCUT2D eigenvalue weighted by Crippen LogP contribution is -2.50. The van der Waals surface area contributed by atoms with Crippen molar-refractivity contribution in [2.45, 2.75) is 78.8 Å². The minimum atomic E-state index is -1.13. The van der Waals surface area contributed by atoms with Gasteiger partial charge in [-0.2, -0.15) is 0 Å². The summed E-state index contributed by atoms with van der Waals surface area (Å²) in [5.74, 6) is -4.23. The Balaban J connectivity index is 2.18. The summed E-state index contributed by atoms with van der Waals surface area (Å²) < 4.78 is 0. The van der Waals surface area contributed by atoms with Crippen LogP contribution in [0.25, 0.3) is 0 Å². The molecule has 37 heavy (non-hydrogen) atoms. The van der Waals surface area contributed by atoms with Crippen molar-refractivity contribution in [1.29, 1.82) is 0 Å². The fourth-order valence-electron chi connectivity index (χ4n) is 4.44. The molecule has 9 heteroatoms. The third kappa shape index (κ3) is 8.40. The molecular weight excluding hydrogens is 472 g/mol. The molecule has 1 aliphatic rings. The summed E-state index contributed by atoms with van der Waals surface area (Å²) in [4.78, 5) is 65.5. The highest BCUT2D eigenvalue weighted by molar-refractivity contribution is 6.16. The molecule has 1 heterocycles. The monoisotopic (exact) mass is 514 g/mol. The van der Waals surface area contributed by atoms with E-state index in [9.17, 15) is 24.0 Å². The zero-order valence-electron chi connectivity index (χ0n) is 22.7. The fourth-order valence-corrected chi connectivity index (χ4v) is 4.44. The van der Waals surface area contributed by atoms with E-state index in [0.717, 1.165) is 31.2 Å². The Kier molecular flexibility index (Phi) is 11.8. The van der Waals surface area contributed by atoms with Crippen LogP contribution in [0.5, 0.6) is 0 Å². The molecule has 5 amide bonds. The molecule has 1 saturated heterocycles. The molecule has 0 saturated carbocycles. The van der Waals surface area contributed by atoms with Gasteiger partial charge in [0.25, 0.3) is 0 Å². The van der Waals surface area contributed by atoms with Crippen LogP contribution in [0.3, 0.4) is 0 Å². The summed E-state index contributed by atoms with van der Waals surface area (Å²) in [7, 11) is 0. The summed E-state index contributed by atoms with van der Waals surface area (Å²) in [6.07, 6.45) is 3.64. The number of carbonyl (C=O) groups excluding carboxylic acids is 5. The van der Waals surface area contributed by atoms with E-state index in [-0.39, 0.29) is 18.4 Å². The Morgan fingerprint density at radius 3 is 2.03 bits per heavy atom. The van der Waals surface area contributed by atoms with E-state index in [1.807, 2.05) is 30.3 Å². The number of Topliss-reactive ketones (excluding diaryl/α,β-unsaturated/α-hetero) is 1. The van der Waals surface area contributed by atoms with Gasteiger partial charge in [0.1, 0.15) is 5.92 Å². The number of benzene rings is 1. The number of unbranched alkanes of at least 4 members (excludes halogenated alkanes) is 2. The minimum Gasteiger partial charge on any atom is -0.346 e. The van der Waals surface area contributed by atoms with Crippen molar-refractivity contribution in [2.75, 3.05) is 13.1 Å². The number of hydrogen-bond donors (Lipinski definition) is 3. The molecule has 0 spiro atoms. The van der Waals surface area contributed by atoms with E-state index in [1.54, 1.807) is 18.7 Å². The van der Waals surface area contributed by atoms with Gasteiger partial charge in [-0.25, -0.2) is 4.79 Å². The number of rotatable bonds is 14. The lowest BCUT2D eigenvalue weighted by Gasteiger charge is -2.28. The van der Waals surface area contributed by atoms with Gasteiger partial charge in [-0.1, -0.05) is 77.8 Å². The number of nitrogens with one attached hydrogen (secondary N) is 3. The van der Waals surface area contributed by atoms with Gasteiger partial charge >= 0.3 is 6.03 Å². The van der Waals surface area contributed by atoms with E-state index in [2.05, 4.69) is 29.8 Å². The van der Waals surface area contributed by atoms with Crippen LogP contribution in [0.2, 0.25) is 0 Å². The van der Waals surface area contributed by atoms with E-state index in [0.29, 0.717) is 13.1 Å². The molecule has 0 aromatic heterocycles. The Morgan fingerprint density at radius 1 is 0.946 bits per heavy atom. The first-order valence-electron chi connectivity index (χ1n) is 13.4. The second-order valence-electron chi connectivity index (χ2n) is 10.1. The van der Waals surface area contributed by atoms with Crippen LogP contribution in [-0.4, -0.2) is 53.6 Å². The van der Waals surface area contributed by atoms with Gasteiger partial charge in [-0.15, -0.1) is 0 Å². The molecule has 1 aliphatic heterocycles. The number of nitrogens with zero attached hydrogens (tertiary/aromatic N) is 1. The summed E-state index contributed by atoms with van der Waals surface area (Å²) in [5.41, 5.74) is 0.777. The third-order valence-corrected chi connectivity index (χ3v) is 6.78. The zero-order valence-corrected chi connectivity index (χ0v) is 22.7. The van der Waals surface area contributed by atoms with Crippen molar-refractivity contribution < 1.29 is 24.0 Å². The average Bonchev–Trinajstić information content (AvgIpc) is 3.12. The average molecular weight is 515 g/mol. The molecule has 1 aromatic carbocycles. The molecule has 0 aliphatic carbocycles. The smallest absolute Gasteiger partial charge is 0.317 e. The molecule has 0 bridgehead atoms. The molecule has 1 aromatic rings. The van der Waals surface area contributed by atoms with Crippen molar-refractivity contribution in [3.63, 3.8) is 0 Å². The SMILES string of the molecule is CCCCN(CCCC)C(=O)NC(CC(=O)N[C@H](C(=O)C1C(=O)NC(=O)[C@H]1C)C(C)C)c1ccccc1. The van der Waals surface area contributed by atoms with E-state index >= 15 is 0 Å². The standard InChI is InChI=1S/C28H42N4O5/c1-6-8-15-32(16-9-7-2)28(37)29-21(20-13-11-10-12-14-20)17-22(33)30-24(18(3)4)25(34)23-19(5)26(35)31-27(23)36/h10-14,18-19,21,23-24H,6-9,15-17H2,1-5H3,(H,29,37)(H,30,33)(H,31,35,36)/t19-,21?,23?,24-/m0/s1. The quantitative estimate of drug-likeness (QED) is 0.259. The Morgan fingerprint density at radius 2 is 1.54 bits per heavy atom. The van der Waals surface area contributed by atoms with Crippen LogP contribution in [0.1, 0.15) is 78.3 Å². The lowest BCUT2D eigenvalue weighted by molar-refractivity contribution is -0.137. The number of hydrogen-bond acceptors (Lipinski definition) is 5. The van der Waals surface area contributed by atoms with Gasteiger partial charge in [0.2, 0.25) is 17.7 Å². The molecule has 2 unspecified atom stereocenters. The second-order valence-corrected chi connectivity index (χ2v) is 10.1. The van der Waals surface area contributed by atoms with Crippen LogP contribution in [0.15, 0.2) is 30.3 Å². The van der Waals surface area contributed by atoms with Crippen molar-refractivity contribution in [2.24, 2.45) is 17.8 Å².